The van der Waals surface area contributed by atoms with Crippen molar-refractivity contribution in [2.45, 2.75) is 33.2 Å². The van der Waals surface area contributed by atoms with Gasteiger partial charge in [0.1, 0.15) is 0 Å². The average molecular weight is 384 g/mol. The first-order chi connectivity index (χ1) is 12.9. The standard InChI is InChI=1S/C21H22ClN3O2/c1-4-14-6-8-15(9-7-14)19-18(13(3)23-21(27)25-19)20(26)24-16-10-5-12(2)17(22)11-16/h5-11,19H,4H2,1-3H3,(H,24,26)(H2,23,25,27)/t19-/m0/s1. The van der Waals surface area contributed by atoms with Crippen LogP contribution in [0.2, 0.25) is 5.02 Å². The number of hydrogen-bond acceptors (Lipinski definition) is 2. The molecule has 140 valence electrons. The predicted octanol–water partition coefficient (Wildman–Crippen LogP) is 4.48. The van der Waals surface area contributed by atoms with Crippen molar-refractivity contribution in [1.82, 2.24) is 10.6 Å². The number of hydrogen-bond donors (Lipinski definition) is 3. The third-order valence-electron chi connectivity index (χ3n) is 4.66. The molecule has 0 saturated heterocycles. The molecule has 0 aliphatic carbocycles. The lowest BCUT2D eigenvalue weighted by Gasteiger charge is -2.28. The van der Waals surface area contributed by atoms with E-state index in [0.29, 0.717) is 22.0 Å². The van der Waals surface area contributed by atoms with E-state index in [2.05, 4.69) is 22.9 Å². The molecule has 1 heterocycles. The Morgan fingerprint density at radius 3 is 2.48 bits per heavy atom. The van der Waals surface area contributed by atoms with Crippen molar-refractivity contribution in [2.24, 2.45) is 0 Å². The second-order valence-electron chi connectivity index (χ2n) is 6.58. The fourth-order valence-electron chi connectivity index (χ4n) is 3.06. The zero-order valence-corrected chi connectivity index (χ0v) is 16.3. The molecule has 0 aromatic heterocycles. The fourth-order valence-corrected chi connectivity index (χ4v) is 3.24. The summed E-state index contributed by atoms with van der Waals surface area (Å²) in [4.78, 5) is 25.0. The van der Waals surface area contributed by atoms with Crippen LogP contribution in [0.3, 0.4) is 0 Å². The molecule has 0 saturated carbocycles. The summed E-state index contributed by atoms with van der Waals surface area (Å²) in [5.41, 5.74) is 4.58. The topological polar surface area (TPSA) is 70.2 Å². The molecule has 0 fully saturated rings. The molecule has 3 rings (SSSR count). The SMILES string of the molecule is CCc1ccc([C@@H]2NC(=O)NC(C)=C2C(=O)Nc2ccc(C)c(Cl)c2)cc1. The minimum Gasteiger partial charge on any atom is -0.327 e. The number of urea groups is 1. The predicted molar refractivity (Wildman–Crippen MR) is 108 cm³/mol. The molecule has 3 N–H and O–H groups in total. The Balaban J connectivity index is 1.92. The van der Waals surface area contributed by atoms with Crippen LogP contribution >= 0.6 is 11.6 Å². The van der Waals surface area contributed by atoms with Crippen molar-refractivity contribution in [2.75, 3.05) is 5.32 Å². The summed E-state index contributed by atoms with van der Waals surface area (Å²) in [6.07, 6.45) is 0.926. The van der Waals surface area contributed by atoms with Crippen LogP contribution in [-0.4, -0.2) is 11.9 Å². The first-order valence-electron chi connectivity index (χ1n) is 8.83. The lowest BCUT2D eigenvalue weighted by Crippen LogP contribution is -2.45. The highest BCUT2D eigenvalue weighted by Crippen LogP contribution is 2.29. The molecule has 0 spiro atoms. The smallest absolute Gasteiger partial charge is 0.319 e. The van der Waals surface area contributed by atoms with E-state index in [-0.39, 0.29) is 11.9 Å². The van der Waals surface area contributed by atoms with Gasteiger partial charge in [0.15, 0.2) is 0 Å². The number of carbonyl (C=O) groups is 2. The number of halogens is 1. The van der Waals surface area contributed by atoms with Gasteiger partial charge in [0.05, 0.1) is 11.6 Å². The number of benzene rings is 2. The number of anilines is 1. The van der Waals surface area contributed by atoms with Gasteiger partial charge >= 0.3 is 6.03 Å². The minimum atomic E-state index is -0.523. The lowest BCUT2D eigenvalue weighted by atomic mass is 9.94. The van der Waals surface area contributed by atoms with Gasteiger partial charge in [-0.15, -0.1) is 0 Å². The molecule has 2 aromatic carbocycles. The highest BCUT2D eigenvalue weighted by molar-refractivity contribution is 6.31. The zero-order chi connectivity index (χ0) is 19.6. The molecule has 2 aromatic rings. The zero-order valence-electron chi connectivity index (χ0n) is 15.5. The van der Waals surface area contributed by atoms with Gasteiger partial charge < -0.3 is 16.0 Å². The van der Waals surface area contributed by atoms with Crippen LogP contribution < -0.4 is 16.0 Å². The maximum atomic E-state index is 13.0. The van der Waals surface area contributed by atoms with Crippen molar-refractivity contribution in [3.8, 4) is 0 Å². The molecular weight excluding hydrogens is 362 g/mol. The number of amides is 3. The highest BCUT2D eigenvalue weighted by atomic mass is 35.5. The van der Waals surface area contributed by atoms with E-state index in [1.54, 1.807) is 19.1 Å². The minimum absolute atomic E-state index is 0.288. The first kappa shape index (κ1) is 19.0. The molecule has 0 bridgehead atoms. The Hall–Kier alpha value is -2.79. The lowest BCUT2D eigenvalue weighted by molar-refractivity contribution is -0.113. The molecule has 3 amide bonds. The van der Waals surface area contributed by atoms with Gasteiger partial charge in [-0.25, -0.2) is 4.79 Å². The summed E-state index contributed by atoms with van der Waals surface area (Å²) in [5.74, 6) is -0.288. The quantitative estimate of drug-likeness (QED) is 0.728. The second-order valence-corrected chi connectivity index (χ2v) is 6.99. The molecule has 1 aliphatic heterocycles. The van der Waals surface area contributed by atoms with Crippen molar-refractivity contribution in [1.29, 1.82) is 0 Å². The molecular formula is C21H22ClN3O2. The highest BCUT2D eigenvalue weighted by Gasteiger charge is 2.31. The molecule has 1 aliphatic rings. The Morgan fingerprint density at radius 2 is 1.85 bits per heavy atom. The Kier molecular flexibility index (Phi) is 5.51. The Morgan fingerprint density at radius 1 is 1.15 bits per heavy atom. The number of allylic oxidation sites excluding steroid dienone is 1. The van der Waals surface area contributed by atoms with Gasteiger partial charge in [-0.3, -0.25) is 4.79 Å². The van der Waals surface area contributed by atoms with Crippen molar-refractivity contribution >= 4 is 29.2 Å². The maximum absolute atomic E-state index is 13.0. The molecule has 0 unspecified atom stereocenters. The first-order valence-corrected chi connectivity index (χ1v) is 9.21. The van der Waals surface area contributed by atoms with Gasteiger partial charge in [-0.05, 0) is 49.1 Å². The molecule has 5 nitrogen and oxygen atoms in total. The maximum Gasteiger partial charge on any atom is 0.319 e. The van der Waals surface area contributed by atoms with Crippen molar-refractivity contribution < 1.29 is 9.59 Å². The van der Waals surface area contributed by atoms with E-state index in [4.69, 9.17) is 11.6 Å². The largest absolute Gasteiger partial charge is 0.327 e. The summed E-state index contributed by atoms with van der Waals surface area (Å²) in [6.45, 7) is 5.71. The Labute approximate surface area is 163 Å². The van der Waals surface area contributed by atoms with E-state index >= 15 is 0 Å². The van der Waals surface area contributed by atoms with Crippen LogP contribution in [0.5, 0.6) is 0 Å². The summed E-state index contributed by atoms with van der Waals surface area (Å²) >= 11 is 6.15. The van der Waals surface area contributed by atoms with Crippen molar-refractivity contribution in [3.63, 3.8) is 0 Å². The third kappa shape index (κ3) is 4.14. The summed E-state index contributed by atoms with van der Waals surface area (Å²) in [6, 6.07) is 12.4. The van der Waals surface area contributed by atoms with Crippen LogP contribution in [-0.2, 0) is 11.2 Å². The van der Waals surface area contributed by atoms with Crippen LogP contribution in [0.25, 0.3) is 0 Å². The summed E-state index contributed by atoms with van der Waals surface area (Å²) < 4.78 is 0. The van der Waals surface area contributed by atoms with E-state index in [9.17, 15) is 9.59 Å². The van der Waals surface area contributed by atoms with Gasteiger partial charge in [0.25, 0.3) is 5.91 Å². The van der Waals surface area contributed by atoms with E-state index < -0.39 is 6.04 Å². The molecule has 6 heteroatoms. The molecule has 1 atom stereocenters. The van der Waals surface area contributed by atoms with Gasteiger partial charge in [0.2, 0.25) is 0 Å². The van der Waals surface area contributed by atoms with Crippen LogP contribution in [0, 0.1) is 6.92 Å². The monoisotopic (exact) mass is 383 g/mol. The van der Waals surface area contributed by atoms with Crippen LogP contribution in [0.1, 0.15) is 36.6 Å². The van der Waals surface area contributed by atoms with Gasteiger partial charge in [-0.2, -0.15) is 0 Å². The fraction of sp³-hybridized carbons (Fsp3) is 0.238. The van der Waals surface area contributed by atoms with E-state index in [0.717, 1.165) is 17.5 Å². The number of rotatable bonds is 4. The normalized spacial score (nSPS) is 16.6. The molecule has 27 heavy (non-hydrogen) atoms. The molecule has 0 radical (unpaired) electrons. The number of nitrogens with one attached hydrogen (secondary N) is 3. The third-order valence-corrected chi connectivity index (χ3v) is 5.07. The van der Waals surface area contributed by atoms with E-state index in [1.807, 2.05) is 37.3 Å². The Bertz CT molecular complexity index is 920. The van der Waals surface area contributed by atoms with Gasteiger partial charge in [0, 0.05) is 16.4 Å². The second kappa shape index (κ2) is 7.84. The van der Waals surface area contributed by atoms with Crippen molar-refractivity contribution in [3.05, 3.63) is 75.4 Å². The average Bonchev–Trinajstić information content (AvgIpc) is 2.64. The summed E-state index contributed by atoms with van der Waals surface area (Å²) in [5, 5.41) is 8.98. The summed E-state index contributed by atoms with van der Waals surface area (Å²) in [7, 11) is 0. The number of aryl methyl sites for hydroxylation is 2. The van der Waals surface area contributed by atoms with Crippen LogP contribution in [0.15, 0.2) is 53.7 Å². The van der Waals surface area contributed by atoms with Crippen LogP contribution in [0.4, 0.5) is 10.5 Å². The number of carbonyl (C=O) groups excluding carboxylic acids is 2. The van der Waals surface area contributed by atoms with Gasteiger partial charge in [-0.1, -0.05) is 48.9 Å². The van der Waals surface area contributed by atoms with E-state index in [1.165, 1.54) is 5.56 Å².